The standard InChI is InChI=1S/C18H16N4O6S/c19-29(27,28)14-6-4-12(5-7-14)20-16(24)10-22-17(25)15(21-18(22)26)9-11-2-1-3-13(23)8-11/h1-9,23H,10H2,(H,20,24)(H,21,26)(H2,19,27,28)/b15-9-. The van der Waals surface area contributed by atoms with Gasteiger partial charge in [-0.3, -0.25) is 9.59 Å². The van der Waals surface area contributed by atoms with Gasteiger partial charge in [-0.05, 0) is 48.0 Å². The van der Waals surface area contributed by atoms with E-state index in [2.05, 4.69) is 10.6 Å². The van der Waals surface area contributed by atoms with Gasteiger partial charge in [0.25, 0.3) is 5.91 Å². The molecular formula is C18H16N4O6S. The van der Waals surface area contributed by atoms with E-state index in [1.807, 2.05) is 0 Å². The van der Waals surface area contributed by atoms with Crippen LogP contribution in [0.25, 0.3) is 6.08 Å². The van der Waals surface area contributed by atoms with Crippen molar-refractivity contribution in [2.45, 2.75) is 4.90 Å². The highest BCUT2D eigenvalue weighted by atomic mass is 32.2. The molecule has 11 heteroatoms. The van der Waals surface area contributed by atoms with Crippen molar-refractivity contribution < 1.29 is 27.9 Å². The molecule has 0 aromatic heterocycles. The monoisotopic (exact) mass is 416 g/mol. The molecule has 1 saturated heterocycles. The number of carbonyl (C=O) groups excluding carboxylic acids is 3. The van der Waals surface area contributed by atoms with Crippen molar-refractivity contribution >= 4 is 39.6 Å². The Hall–Kier alpha value is -3.70. The zero-order valence-corrected chi connectivity index (χ0v) is 15.6. The first-order valence-corrected chi connectivity index (χ1v) is 9.74. The van der Waals surface area contributed by atoms with Gasteiger partial charge in [-0.15, -0.1) is 0 Å². The molecule has 0 saturated carbocycles. The second kappa shape index (κ2) is 7.73. The average Bonchev–Trinajstić information content (AvgIpc) is 2.89. The summed E-state index contributed by atoms with van der Waals surface area (Å²) >= 11 is 0. The number of nitrogens with one attached hydrogen (secondary N) is 2. The number of hydrogen-bond acceptors (Lipinski definition) is 6. The van der Waals surface area contributed by atoms with E-state index in [-0.39, 0.29) is 22.0 Å². The number of benzene rings is 2. The predicted molar refractivity (Wildman–Crippen MR) is 103 cm³/mol. The zero-order valence-electron chi connectivity index (χ0n) is 14.8. The van der Waals surface area contributed by atoms with E-state index < -0.39 is 34.4 Å². The van der Waals surface area contributed by atoms with Crippen LogP contribution < -0.4 is 15.8 Å². The molecule has 29 heavy (non-hydrogen) atoms. The highest BCUT2D eigenvalue weighted by Crippen LogP contribution is 2.18. The van der Waals surface area contributed by atoms with Gasteiger partial charge in [-0.2, -0.15) is 0 Å². The fraction of sp³-hybridized carbons (Fsp3) is 0.0556. The van der Waals surface area contributed by atoms with Crippen LogP contribution in [0, 0.1) is 0 Å². The number of primary sulfonamides is 1. The molecule has 1 fully saturated rings. The van der Waals surface area contributed by atoms with E-state index in [1.54, 1.807) is 12.1 Å². The number of hydrogen-bond donors (Lipinski definition) is 4. The number of amides is 4. The predicted octanol–water partition coefficient (Wildman–Crippen LogP) is 0.571. The lowest BCUT2D eigenvalue weighted by Gasteiger charge is -2.12. The molecule has 1 heterocycles. The number of urea groups is 1. The summed E-state index contributed by atoms with van der Waals surface area (Å²) in [7, 11) is -3.86. The molecule has 3 rings (SSSR count). The van der Waals surface area contributed by atoms with Gasteiger partial charge < -0.3 is 15.7 Å². The molecule has 0 spiro atoms. The molecule has 0 unspecified atom stereocenters. The van der Waals surface area contributed by atoms with Crippen LogP contribution in [0.15, 0.2) is 59.1 Å². The summed E-state index contributed by atoms with van der Waals surface area (Å²) in [5.41, 5.74) is 0.728. The summed E-state index contributed by atoms with van der Waals surface area (Å²) in [5, 5.41) is 19.3. The van der Waals surface area contributed by atoms with E-state index in [1.165, 1.54) is 42.5 Å². The van der Waals surface area contributed by atoms with Crippen LogP contribution in [-0.2, 0) is 19.6 Å². The number of phenolic OH excluding ortho intramolecular Hbond substituents is 1. The topological polar surface area (TPSA) is 159 Å². The van der Waals surface area contributed by atoms with E-state index in [4.69, 9.17) is 5.14 Å². The molecule has 0 atom stereocenters. The minimum absolute atomic E-state index is 0.000750. The third kappa shape index (κ3) is 4.78. The van der Waals surface area contributed by atoms with Gasteiger partial charge in [0, 0.05) is 5.69 Å². The SMILES string of the molecule is NS(=O)(=O)c1ccc(NC(=O)CN2C(=O)N/C(=C\c3cccc(O)c3)C2=O)cc1. The van der Waals surface area contributed by atoms with Crippen LogP contribution in [0.4, 0.5) is 10.5 Å². The molecule has 150 valence electrons. The maximum absolute atomic E-state index is 12.4. The Kier molecular flexibility index (Phi) is 5.35. The summed E-state index contributed by atoms with van der Waals surface area (Å²) in [5.74, 6) is -1.35. The summed E-state index contributed by atoms with van der Waals surface area (Å²) in [6.45, 7) is -0.543. The van der Waals surface area contributed by atoms with Crippen LogP contribution in [0.3, 0.4) is 0 Å². The number of imide groups is 1. The summed E-state index contributed by atoms with van der Waals surface area (Å²) in [6.07, 6.45) is 1.38. The number of phenols is 1. The second-order valence-electron chi connectivity index (χ2n) is 6.09. The van der Waals surface area contributed by atoms with Crippen LogP contribution in [0.2, 0.25) is 0 Å². The van der Waals surface area contributed by atoms with Gasteiger partial charge in [-0.25, -0.2) is 23.3 Å². The van der Waals surface area contributed by atoms with Gasteiger partial charge in [0.05, 0.1) is 4.90 Å². The Morgan fingerprint density at radius 3 is 2.48 bits per heavy atom. The lowest BCUT2D eigenvalue weighted by molar-refractivity contribution is -0.127. The van der Waals surface area contributed by atoms with Crippen LogP contribution in [-0.4, -0.2) is 42.8 Å². The van der Waals surface area contributed by atoms with Crippen molar-refractivity contribution in [2.75, 3.05) is 11.9 Å². The summed E-state index contributed by atoms with van der Waals surface area (Å²) in [6, 6.07) is 10.4. The Morgan fingerprint density at radius 1 is 1.17 bits per heavy atom. The molecule has 1 aliphatic rings. The molecule has 10 nitrogen and oxygen atoms in total. The van der Waals surface area contributed by atoms with Gasteiger partial charge in [0.2, 0.25) is 15.9 Å². The van der Waals surface area contributed by atoms with Crippen LogP contribution in [0.5, 0.6) is 5.75 Å². The van der Waals surface area contributed by atoms with Gasteiger partial charge in [-0.1, -0.05) is 12.1 Å². The molecule has 0 bridgehead atoms. The molecule has 2 aromatic carbocycles. The van der Waals surface area contributed by atoms with E-state index in [0.29, 0.717) is 5.56 Å². The fourth-order valence-electron chi connectivity index (χ4n) is 2.57. The maximum atomic E-state index is 12.4. The first kappa shape index (κ1) is 20.0. The highest BCUT2D eigenvalue weighted by Gasteiger charge is 2.34. The number of nitrogens with zero attached hydrogens (tertiary/aromatic N) is 1. The van der Waals surface area contributed by atoms with E-state index in [9.17, 15) is 27.9 Å². The lowest BCUT2D eigenvalue weighted by atomic mass is 10.2. The Labute approximate surface area is 165 Å². The van der Waals surface area contributed by atoms with Crippen molar-refractivity contribution in [3.05, 3.63) is 59.8 Å². The molecular weight excluding hydrogens is 400 g/mol. The Balaban J connectivity index is 1.67. The number of anilines is 1. The minimum Gasteiger partial charge on any atom is -0.508 e. The van der Waals surface area contributed by atoms with Crippen LogP contribution in [0.1, 0.15) is 5.56 Å². The fourth-order valence-corrected chi connectivity index (χ4v) is 3.08. The van der Waals surface area contributed by atoms with Crippen molar-refractivity contribution in [2.24, 2.45) is 5.14 Å². The van der Waals surface area contributed by atoms with Crippen molar-refractivity contribution in [1.82, 2.24) is 10.2 Å². The van der Waals surface area contributed by atoms with Crippen LogP contribution >= 0.6 is 0 Å². The highest BCUT2D eigenvalue weighted by molar-refractivity contribution is 7.89. The van der Waals surface area contributed by atoms with Gasteiger partial charge in [0.15, 0.2) is 0 Å². The second-order valence-corrected chi connectivity index (χ2v) is 7.65. The zero-order chi connectivity index (χ0) is 21.2. The third-order valence-electron chi connectivity index (χ3n) is 3.91. The summed E-state index contributed by atoms with van der Waals surface area (Å²) < 4.78 is 22.5. The molecule has 0 aliphatic carbocycles. The maximum Gasteiger partial charge on any atom is 0.329 e. The molecule has 4 amide bonds. The van der Waals surface area contributed by atoms with Gasteiger partial charge in [0.1, 0.15) is 18.0 Å². The number of aromatic hydroxyl groups is 1. The molecule has 0 radical (unpaired) electrons. The lowest BCUT2D eigenvalue weighted by Crippen LogP contribution is -2.38. The Morgan fingerprint density at radius 2 is 1.86 bits per heavy atom. The van der Waals surface area contributed by atoms with Crippen molar-refractivity contribution in [3.63, 3.8) is 0 Å². The first-order chi connectivity index (χ1) is 13.6. The minimum atomic E-state index is -3.86. The third-order valence-corrected chi connectivity index (χ3v) is 4.84. The number of rotatable bonds is 5. The van der Waals surface area contributed by atoms with Gasteiger partial charge >= 0.3 is 6.03 Å². The summed E-state index contributed by atoms with van der Waals surface area (Å²) in [4.78, 5) is 37.2. The normalized spacial score (nSPS) is 15.5. The van der Waals surface area contributed by atoms with Crippen molar-refractivity contribution in [1.29, 1.82) is 0 Å². The smallest absolute Gasteiger partial charge is 0.329 e. The quantitative estimate of drug-likeness (QED) is 0.412. The van der Waals surface area contributed by atoms with E-state index >= 15 is 0 Å². The first-order valence-electron chi connectivity index (χ1n) is 8.20. The Bertz CT molecular complexity index is 1130. The number of sulfonamides is 1. The molecule has 2 aromatic rings. The van der Waals surface area contributed by atoms with Crippen molar-refractivity contribution in [3.8, 4) is 5.75 Å². The number of nitrogens with two attached hydrogens (primary N) is 1. The molecule has 5 N–H and O–H groups in total. The molecule has 1 aliphatic heterocycles. The largest absolute Gasteiger partial charge is 0.508 e. The van der Waals surface area contributed by atoms with E-state index in [0.717, 1.165) is 4.90 Å². The average molecular weight is 416 g/mol. The number of carbonyl (C=O) groups is 3.